The molecule has 0 saturated heterocycles. The number of aryl methyl sites for hydroxylation is 2. The summed E-state index contributed by atoms with van der Waals surface area (Å²) in [5.41, 5.74) is 2.41. The molecule has 1 saturated carbocycles. The first-order valence-electron chi connectivity index (χ1n) is 6.94. The molecule has 2 heterocycles. The average Bonchev–Trinajstić information content (AvgIpc) is 3.03. The number of anilines is 1. The van der Waals surface area contributed by atoms with Crippen LogP contribution in [0, 0.1) is 6.92 Å². The van der Waals surface area contributed by atoms with Crippen molar-refractivity contribution in [2.45, 2.75) is 52.0 Å². The van der Waals surface area contributed by atoms with Crippen LogP contribution in [0.2, 0.25) is 0 Å². The van der Waals surface area contributed by atoms with E-state index in [0.29, 0.717) is 17.6 Å². The van der Waals surface area contributed by atoms with Crippen LogP contribution >= 0.6 is 0 Å². The average molecular weight is 261 g/mol. The number of hydrogen-bond donors (Lipinski definition) is 2. The fourth-order valence-corrected chi connectivity index (χ4v) is 2.83. The Bertz CT molecular complexity index is 651. The van der Waals surface area contributed by atoms with E-state index in [2.05, 4.69) is 27.4 Å². The van der Waals surface area contributed by atoms with E-state index in [1.807, 2.05) is 6.92 Å². The lowest BCUT2D eigenvalue weighted by Crippen LogP contribution is -2.23. The molecule has 0 atom stereocenters. The Kier molecular flexibility index (Phi) is 3.00. The monoisotopic (exact) mass is 261 g/mol. The van der Waals surface area contributed by atoms with Gasteiger partial charge in [-0.3, -0.25) is 0 Å². The minimum absolute atomic E-state index is 0.228. The molecule has 1 aliphatic rings. The second-order valence-electron chi connectivity index (χ2n) is 5.17. The minimum atomic E-state index is -0.228. The number of nitrogens with zero attached hydrogens (tertiary/aromatic N) is 3. The Balaban J connectivity index is 2.12. The van der Waals surface area contributed by atoms with E-state index in [1.165, 1.54) is 12.8 Å². The second-order valence-corrected chi connectivity index (χ2v) is 5.17. The fraction of sp³-hybridized carbons (Fsp3) is 0.615. The topological polar surface area (TPSA) is 75.1 Å². The van der Waals surface area contributed by atoms with E-state index < -0.39 is 0 Å². The Morgan fingerprint density at radius 1 is 1.42 bits per heavy atom. The van der Waals surface area contributed by atoms with Gasteiger partial charge in [0.2, 0.25) is 5.95 Å². The highest BCUT2D eigenvalue weighted by Crippen LogP contribution is 2.22. The van der Waals surface area contributed by atoms with Crippen molar-refractivity contribution in [3.05, 3.63) is 21.7 Å². The molecule has 0 bridgehead atoms. The standard InChI is InChI=1S/C13H19N5O/c1-3-10-8(2)11-16-17-13(19)18(11)12(15-10)14-9-6-4-5-7-9/h9H,3-7H2,1-2H3,(H,14,15)(H,17,19). The molecule has 6 heteroatoms. The van der Waals surface area contributed by atoms with E-state index in [4.69, 9.17) is 0 Å². The highest BCUT2D eigenvalue weighted by Gasteiger charge is 2.19. The third-order valence-corrected chi connectivity index (χ3v) is 3.92. The Morgan fingerprint density at radius 3 is 2.84 bits per heavy atom. The zero-order chi connectivity index (χ0) is 13.4. The maximum atomic E-state index is 11.9. The zero-order valence-corrected chi connectivity index (χ0v) is 11.4. The van der Waals surface area contributed by atoms with Crippen molar-refractivity contribution in [3.63, 3.8) is 0 Å². The molecule has 19 heavy (non-hydrogen) atoms. The third kappa shape index (κ3) is 2.01. The minimum Gasteiger partial charge on any atom is -0.352 e. The van der Waals surface area contributed by atoms with Gasteiger partial charge in [0.1, 0.15) is 0 Å². The van der Waals surface area contributed by atoms with Crippen LogP contribution in [0.25, 0.3) is 5.65 Å². The summed E-state index contributed by atoms with van der Waals surface area (Å²) in [6.45, 7) is 4.02. The molecular weight excluding hydrogens is 242 g/mol. The highest BCUT2D eigenvalue weighted by molar-refractivity contribution is 5.53. The smallest absolute Gasteiger partial charge is 0.350 e. The quantitative estimate of drug-likeness (QED) is 0.880. The second kappa shape index (κ2) is 4.68. The van der Waals surface area contributed by atoms with E-state index in [0.717, 1.165) is 30.5 Å². The molecular formula is C13H19N5O. The van der Waals surface area contributed by atoms with Gasteiger partial charge in [-0.1, -0.05) is 19.8 Å². The number of aromatic amines is 1. The molecule has 0 amide bonds. The summed E-state index contributed by atoms with van der Waals surface area (Å²) in [5, 5.41) is 10.0. The molecule has 3 rings (SSSR count). The van der Waals surface area contributed by atoms with Crippen LogP contribution in [0.1, 0.15) is 43.9 Å². The van der Waals surface area contributed by atoms with Crippen molar-refractivity contribution in [2.24, 2.45) is 0 Å². The molecule has 0 unspecified atom stereocenters. The molecule has 2 aromatic rings. The van der Waals surface area contributed by atoms with Gasteiger partial charge in [0, 0.05) is 11.6 Å². The van der Waals surface area contributed by atoms with Crippen molar-refractivity contribution in [2.75, 3.05) is 5.32 Å². The van der Waals surface area contributed by atoms with Gasteiger partial charge in [-0.15, -0.1) is 0 Å². The van der Waals surface area contributed by atoms with Gasteiger partial charge in [-0.2, -0.15) is 5.10 Å². The van der Waals surface area contributed by atoms with Crippen molar-refractivity contribution in [1.29, 1.82) is 0 Å². The molecule has 1 aliphatic carbocycles. The molecule has 1 fully saturated rings. The number of H-pyrrole nitrogens is 1. The molecule has 0 aliphatic heterocycles. The van der Waals surface area contributed by atoms with Crippen molar-refractivity contribution < 1.29 is 0 Å². The first kappa shape index (κ1) is 12.2. The maximum absolute atomic E-state index is 11.9. The summed E-state index contributed by atoms with van der Waals surface area (Å²) in [7, 11) is 0. The summed E-state index contributed by atoms with van der Waals surface area (Å²) in [6.07, 6.45) is 5.61. The molecule has 2 aromatic heterocycles. The third-order valence-electron chi connectivity index (χ3n) is 3.92. The molecule has 0 spiro atoms. The summed E-state index contributed by atoms with van der Waals surface area (Å²) in [5.74, 6) is 0.628. The first-order chi connectivity index (χ1) is 9.20. The number of hydrogen-bond acceptors (Lipinski definition) is 4. The Morgan fingerprint density at radius 2 is 2.16 bits per heavy atom. The summed E-state index contributed by atoms with van der Waals surface area (Å²) in [4.78, 5) is 16.5. The summed E-state index contributed by atoms with van der Waals surface area (Å²) in [6, 6.07) is 0.421. The number of fused-ring (bicyclic) bond motifs is 1. The van der Waals surface area contributed by atoms with Gasteiger partial charge in [-0.05, 0) is 26.2 Å². The first-order valence-corrected chi connectivity index (χ1v) is 6.94. The maximum Gasteiger partial charge on any atom is 0.350 e. The fourth-order valence-electron chi connectivity index (χ4n) is 2.83. The molecule has 0 radical (unpaired) electrons. The molecule has 0 aromatic carbocycles. The predicted molar refractivity (Wildman–Crippen MR) is 73.6 cm³/mol. The molecule has 6 nitrogen and oxygen atoms in total. The van der Waals surface area contributed by atoms with Crippen LogP contribution in [0.3, 0.4) is 0 Å². The lowest BCUT2D eigenvalue weighted by atomic mass is 10.2. The van der Waals surface area contributed by atoms with Gasteiger partial charge < -0.3 is 5.32 Å². The van der Waals surface area contributed by atoms with Gasteiger partial charge >= 0.3 is 5.69 Å². The Labute approximate surface area is 111 Å². The van der Waals surface area contributed by atoms with E-state index >= 15 is 0 Å². The van der Waals surface area contributed by atoms with Crippen LogP contribution in [-0.4, -0.2) is 25.6 Å². The van der Waals surface area contributed by atoms with Crippen LogP contribution in [0.15, 0.2) is 4.79 Å². The summed E-state index contributed by atoms with van der Waals surface area (Å²) >= 11 is 0. The van der Waals surface area contributed by atoms with Gasteiger partial charge in [-0.25, -0.2) is 19.3 Å². The number of aromatic nitrogens is 4. The predicted octanol–water partition coefficient (Wildman–Crippen LogP) is 1.64. The van der Waals surface area contributed by atoms with Crippen LogP contribution in [0.4, 0.5) is 5.95 Å². The van der Waals surface area contributed by atoms with Crippen molar-refractivity contribution in [1.82, 2.24) is 19.6 Å². The van der Waals surface area contributed by atoms with Crippen molar-refractivity contribution >= 4 is 11.6 Å². The van der Waals surface area contributed by atoms with E-state index in [-0.39, 0.29) is 5.69 Å². The lowest BCUT2D eigenvalue weighted by Gasteiger charge is -2.15. The van der Waals surface area contributed by atoms with Crippen LogP contribution in [0.5, 0.6) is 0 Å². The number of rotatable bonds is 3. The normalized spacial score (nSPS) is 16.3. The van der Waals surface area contributed by atoms with E-state index in [9.17, 15) is 4.79 Å². The van der Waals surface area contributed by atoms with Crippen LogP contribution < -0.4 is 11.0 Å². The van der Waals surface area contributed by atoms with Crippen molar-refractivity contribution in [3.8, 4) is 0 Å². The van der Waals surface area contributed by atoms with Gasteiger partial charge in [0.05, 0.1) is 5.69 Å². The molecule has 2 N–H and O–H groups in total. The zero-order valence-electron chi connectivity index (χ0n) is 11.4. The summed E-state index contributed by atoms with van der Waals surface area (Å²) < 4.78 is 1.55. The number of nitrogens with one attached hydrogen (secondary N) is 2. The van der Waals surface area contributed by atoms with Crippen LogP contribution in [-0.2, 0) is 6.42 Å². The highest BCUT2D eigenvalue weighted by atomic mass is 16.1. The van der Waals surface area contributed by atoms with E-state index in [1.54, 1.807) is 4.40 Å². The lowest BCUT2D eigenvalue weighted by molar-refractivity contribution is 0.735. The van der Waals surface area contributed by atoms with Gasteiger partial charge in [0.25, 0.3) is 0 Å². The Hall–Kier alpha value is -1.85. The largest absolute Gasteiger partial charge is 0.352 e. The molecule has 102 valence electrons. The SMILES string of the molecule is CCc1nc(NC2CCCC2)n2c(=O)[nH]nc2c1C. The van der Waals surface area contributed by atoms with Gasteiger partial charge in [0.15, 0.2) is 5.65 Å².